The summed E-state index contributed by atoms with van der Waals surface area (Å²) in [5.74, 6) is 0.737. The van der Waals surface area contributed by atoms with E-state index >= 15 is 0 Å². The normalized spacial score (nSPS) is 14.6. The highest BCUT2D eigenvalue weighted by atomic mass is 32.1. The Bertz CT molecular complexity index is 1040. The average molecular weight is 425 g/mol. The number of hydrogen-bond donors (Lipinski definition) is 2. The topological polar surface area (TPSA) is 90.5 Å². The van der Waals surface area contributed by atoms with E-state index in [1.807, 2.05) is 12.3 Å². The molecule has 0 radical (unpaired) electrons. The summed E-state index contributed by atoms with van der Waals surface area (Å²) in [7, 11) is 0. The zero-order valence-corrected chi connectivity index (χ0v) is 17.6. The van der Waals surface area contributed by atoms with E-state index in [0.29, 0.717) is 24.3 Å². The molecule has 9 heteroatoms. The van der Waals surface area contributed by atoms with Crippen LogP contribution in [0.4, 0.5) is 11.5 Å². The van der Waals surface area contributed by atoms with Gasteiger partial charge in [0.25, 0.3) is 5.91 Å². The number of rotatable bonds is 6. The lowest BCUT2D eigenvalue weighted by atomic mass is 10.2. The van der Waals surface area contributed by atoms with E-state index < -0.39 is 0 Å². The lowest BCUT2D eigenvalue weighted by molar-refractivity contribution is -0.117. The van der Waals surface area contributed by atoms with Gasteiger partial charge in [-0.15, -0.1) is 11.3 Å². The number of benzene rings is 1. The Morgan fingerprint density at radius 2 is 1.97 bits per heavy atom. The number of nitrogens with one attached hydrogen (secondary N) is 2. The summed E-state index contributed by atoms with van der Waals surface area (Å²) in [6.45, 7) is 5.93. The van der Waals surface area contributed by atoms with Crippen LogP contribution < -0.4 is 15.5 Å². The first-order valence-electron chi connectivity index (χ1n) is 9.97. The Morgan fingerprint density at radius 3 is 2.77 bits per heavy atom. The fourth-order valence-corrected chi connectivity index (χ4v) is 4.28. The summed E-state index contributed by atoms with van der Waals surface area (Å²) in [5, 5.41) is 8.77. The largest absolute Gasteiger partial charge is 0.353 e. The lowest BCUT2D eigenvalue weighted by Gasteiger charge is -2.35. The van der Waals surface area contributed by atoms with Crippen LogP contribution in [0.5, 0.6) is 0 Å². The molecule has 2 N–H and O–H groups in total. The van der Waals surface area contributed by atoms with Crippen molar-refractivity contribution >= 4 is 44.9 Å². The molecule has 156 valence electrons. The summed E-state index contributed by atoms with van der Waals surface area (Å²) in [5.41, 5.74) is 1.16. The smallest absolute Gasteiger partial charge is 0.251 e. The molecule has 30 heavy (non-hydrogen) atoms. The summed E-state index contributed by atoms with van der Waals surface area (Å²) in [6, 6.07) is 9.05. The third kappa shape index (κ3) is 4.58. The Kier molecular flexibility index (Phi) is 6.20. The number of carbonyl (C=O) groups excluding carboxylic acids is 2. The molecule has 2 aromatic heterocycles. The molecule has 1 saturated heterocycles. The van der Waals surface area contributed by atoms with E-state index in [0.717, 1.165) is 42.2 Å². The van der Waals surface area contributed by atoms with E-state index in [1.165, 1.54) is 0 Å². The van der Waals surface area contributed by atoms with Crippen LogP contribution in [0, 0.1) is 0 Å². The minimum Gasteiger partial charge on any atom is -0.353 e. The van der Waals surface area contributed by atoms with Crippen LogP contribution in [0.1, 0.15) is 17.3 Å². The molecular weight excluding hydrogens is 400 g/mol. The van der Waals surface area contributed by atoms with Gasteiger partial charge >= 0.3 is 0 Å². The third-order valence-corrected chi connectivity index (χ3v) is 5.85. The van der Waals surface area contributed by atoms with E-state index in [-0.39, 0.29) is 11.8 Å². The van der Waals surface area contributed by atoms with Crippen LogP contribution in [0.2, 0.25) is 0 Å². The number of thiophene rings is 1. The molecule has 0 atom stereocenters. The van der Waals surface area contributed by atoms with E-state index in [4.69, 9.17) is 0 Å². The molecule has 2 amide bonds. The highest BCUT2D eigenvalue weighted by Crippen LogP contribution is 2.27. The maximum Gasteiger partial charge on any atom is 0.251 e. The zero-order valence-electron chi connectivity index (χ0n) is 16.8. The van der Waals surface area contributed by atoms with E-state index in [2.05, 4.69) is 36.5 Å². The number of amides is 2. The molecule has 1 aliphatic heterocycles. The third-order valence-electron chi connectivity index (χ3n) is 5.03. The first-order chi connectivity index (χ1) is 14.6. The van der Waals surface area contributed by atoms with Crippen molar-refractivity contribution in [2.45, 2.75) is 6.92 Å². The SMILES string of the molecule is CCNC(=O)c1cccc(NC(=O)CN2CCN(c3ncnc4sccc34)CC2)c1. The maximum atomic E-state index is 12.5. The Balaban J connectivity index is 1.31. The van der Waals surface area contributed by atoms with Crippen LogP contribution >= 0.6 is 11.3 Å². The highest BCUT2D eigenvalue weighted by molar-refractivity contribution is 7.16. The van der Waals surface area contributed by atoms with Crippen molar-refractivity contribution in [2.75, 3.05) is 49.5 Å². The fraction of sp³-hybridized carbons (Fsp3) is 0.333. The van der Waals surface area contributed by atoms with Crippen LogP contribution in [0.15, 0.2) is 42.0 Å². The lowest BCUT2D eigenvalue weighted by Crippen LogP contribution is -2.49. The molecule has 3 heterocycles. The van der Waals surface area contributed by atoms with Gasteiger partial charge in [0.2, 0.25) is 5.91 Å². The van der Waals surface area contributed by atoms with Crippen LogP contribution in [0.25, 0.3) is 10.2 Å². The quantitative estimate of drug-likeness (QED) is 0.631. The molecule has 0 bridgehead atoms. The van der Waals surface area contributed by atoms with E-state index in [1.54, 1.807) is 41.9 Å². The number of nitrogens with zero attached hydrogens (tertiary/aromatic N) is 4. The summed E-state index contributed by atoms with van der Waals surface area (Å²) >= 11 is 1.61. The number of aromatic nitrogens is 2. The standard InChI is InChI=1S/C21H24N6O2S/c1-2-22-20(29)15-4-3-5-16(12-15)25-18(28)13-26-7-9-27(10-8-26)19-17-6-11-30-21(17)24-14-23-19/h3-6,11-12,14H,2,7-10,13H2,1H3,(H,22,29)(H,25,28). The molecule has 0 spiro atoms. The van der Waals surface area contributed by atoms with Crippen molar-refractivity contribution in [3.63, 3.8) is 0 Å². The van der Waals surface area contributed by atoms with Gasteiger partial charge in [-0.05, 0) is 36.6 Å². The molecule has 4 rings (SSSR count). The molecule has 0 unspecified atom stereocenters. The van der Waals surface area contributed by atoms with Crippen molar-refractivity contribution in [1.29, 1.82) is 0 Å². The Morgan fingerprint density at radius 1 is 1.13 bits per heavy atom. The molecule has 8 nitrogen and oxygen atoms in total. The van der Waals surface area contributed by atoms with Crippen LogP contribution in [-0.2, 0) is 4.79 Å². The summed E-state index contributed by atoms with van der Waals surface area (Å²) in [6.07, 6.45) is 1.61. The minimum atomic E-state index is -0.144. The van der Waals surface area contributed by atoms with Gasteiger partial charge in [-0.2, -0.15) is 0 Å². The van der Waals surface area contributed by atoms with Gasteiger partial charge < -0.3 is 15.5 Å². The molecule has 1 fully saturated rings. The van der Waals surface area contributed by atoms with Gasteiger partial charge in [-0.1, -0.05) is 6.07 Å². The van der Waals surface area contributed by atoms with Gasteiger partial charge in [0.05, 0.1) is 11.9 Å². The second-order valence-corrected chi connectivity index (χ2v) is 7.98. The van der Waals surface area contributed by atoms with Gasteiger partial charge in [-0.3, -0.25) is 14.5 Å². The first kappa shape index (κ1) is 20.2. The van der Waals surface area contributed by atoms with E-state index in [9.17, 15) is 9.59 Å². The maximum absolute atomic E-state index is 12.5. The fourth-order valence-electron chi connectivity index (χ4n) is 3.55. The summed E-state index contributed by atoms with van der Waals surface area (Å²) < 4.78 is 0. The number of piperazine rings is 1. The second-order valence-electron chi connectivity index (χ2n) is 7.09. The number of hydrogen-bond acceptors (Lipinski definition) is 7. The van der Waals surface area contributed by atoms with Crippen LogP contribution in [0.3, 0.4) is 0 Å². The second kappa shape index (κ2) is 9.19. The number of anilines is 2. The molecular formula is C21H24N6O2S. The average Bonchev–Trinajstić information content (AvgIpc) is 3.24. The molecule has 0 saturated carbocycles. The van der Waals surface area contributed by atoms with Crippen molar-refractivity contribution in [2.24, 2.45) is 0 Å². The molecule has 1 aliphatic rings. The zero-order chi connectivity index (χ0) is 20.9. The predicted molar refractivity (Wildman–Crippen MR) is 119 cm³/mol. The van der Waals surface area contributed by atoms with Gasteiger partial charge in [0.15, 0.2) is 0 Å². The van der Waals surface area contributed by atoms with Crippen molar-refractivity contribution in [3.05, 3.63) is 47.6 Å². The van der Waals surface area contributed by atoms with Crippen LogP contribution in [-0.4, -0.2) is 66.0 Å². The highest BCUT2D eigenvalue weighted by Gasteiger charge is 2.21. The first-order valence-corrected chi connectivity index (χ1v) is 10.9. The van der Waals surface area contributed by atoms with Crippen molar-refractivity contribution in [1.82, 2.24) is 20.2 Å². The minimum absolute atomic E-state index is 0.0845. The predicted octanol–water partition coefficient (Wildman–Crippen LogP) is 2.20. The van der Waals surface area contributed by atoms with Crippen molar-refractivity contribution in [3.8, 4) is 0 Å². The van der Waals surface area contributed by atoms with Gasteiger partial charge in [0.1, 0.15) is 17.0 Å². The van der Waals surface area contributed by atoms with Gasteiger partial charge in [-0.25, -0.2) is 9.97 Å². The Labute approximate surface area is 178 Å². The Hall–Kier alpha value is -3.04. The summed E-state index contributed by atoms with van der Waals surface area (Å²) in [4.78, 5) is 38.6. The molecule has 0 aliphatic carbocycles. The monoisotopic (exact) mass is 424 g/mol. The van der Waals surface area contributed by atoms with Gasteiger partial charge in [0, 0.05) is 44.0 Å². The number of fused-ring (bicyclic) bond motifs is 1. The molecule has 1 aromatic carbocycles. The van der Waals surface area contributed by atoms with Crippen molar-refractivity contribution < 1.29 is 9.59 Å². The number of carbonyl (C=O) groups is 2. The molecule has 3 aromatic rings.